The molecular weight excluding hydrogens is 357 g/mol. The number of nitrogens with zero attached hydrogens (tertiary/aromatic N) is 2. The third-order valence-corrected chi connectivity index (χ3v) is 5.08. The van der Waals surface area contributed by atoms with E-state index in [0.29, 0.717) is 11.5 Å². The summed E-state index contributed by atoms with van der Waals surface area (Å²) in [5.41, 5.74) is 1.96. The predicted octanol–water partition coefficient (Wildman–Crippen LogP) is 3.32. The average Bonchev–Trinajstić information content (AvgIpc) is 3.21. The van der Waals surface area contributed by atoms with Gasteiger partial charge in [-0.25, -0.2) is 4.39 Å². The van der Waals surface area contributed by atoms with Gasteiger partial charge in [0.25, 0.3) is 0 Å². The molecule has 2 atom stereocenters. The lowest BCUT2D eigenvalue weighted by Gasteiger charge is -2.22. The molecule has 1 heterocycles. The Morgan fingerprint density at radius 3 is 2.61 bits per heavy atom. The number of rotatable bonds is 6. The molecule has 1 aliphatic heterocycles. The van der Waals surface area contributed by atoms with E-state index in [1.807, 2.05) is 19.1 Å². The Morgan fingerprint density at radius 2 is 1.96 bits per heavy atom. The second kappa shape index (κ2) is 9.55. The molecule has 5 nitrogen and oxygen atoms in total. The number of halogens is 1. The molecule has 28 heavy (non-hydrogen) atoms. The second-order valence-corrected chi connectivity index (χ2v) is 6.97. The van der Waals surface area contributed by atoms with Crippen molar-refractivity contribution in [3.8, 4) is 5.75 Å². The zero-order chi connectivity index (χ0) is 19.9. The molecule has 0 bridgehead atoms. The minimum atomic E-state index is -0.755. The molecule has 0 aromatic heterocycles. The number of methoxy groups -OCH3 is 1. The van der Waals surface area contributed by atoms with Crippen LogP contribution < -0.4 is 10.1 Å². The van der Waals surface area contributed by atoms with Gasteiger partial charge in [-0.2, -0.15) is 0 Å². The molecule has 1 aliphatic rings. The van der Waals surface area contributed by atoms with Crippen molar-refractivity contribution in [2.75, 3.05) is 33.3 Å². The van der Waals surface area contributed by atoms with E-state index < -0.39 is 6.10 Å². The maximum Gasteiger partial charge on any atom is 0.194 e. The first kappa shape index (κ1) is 20.1. The minimum Gasteiger partial charge on any atom is -0.497 e. The maximum absolute atomic E-state index is 13.1. The number of hydrogen-bond acceptors (Lipinski definition) is 3. The Labute approximate surface area is 165 Å². The summed E-state index contributed by atoms with van der Waals surface area (Å²) in [5, 5.41) is 13.7. The minimum absolute atomic E-state index is 0.234. The number of aliphatic hydroxyl groups excluding tert-OH is 1. The van der Waals surface area contributed by atoms with Crippen molar-refractivity contribution >= 4 is 5.96 Å². The zero-order valence-electron chi connectivity index (χ0n) is 16.4. The number of benzene rings is 2. The normalized spacial score (nSPS) is 18.2. The topological polar surface area (TPSA) is 57.1 Å². The van der Waals surface area contributed by atoms with E-state index >= 15 is 0 Å². The van der Waals surface area contributed by atoms with E-state index in [1.165, 1.54) is 17.7 Å². The van der Waals surface area contributed by atoms with Crippen LogP contribution in [0.1, 0.15) is 36.5 Å². The first-order valence-electron chi connectivity index (χ1n) is 9.71. The number of guanidine groups is 1. The summed E-state index contributed by atoms with van der Waals surface area (Å²) in [4.78, 5) is 6.85. The number of likely N-dealkylation sites (tertiary alicyclic amines) is 1. The number of hydrogen-bond donors (Lipinski definition) is 2. The van der Waals surface area contributed by atoms with Gasteiger partial charge in [0.2, 0.25) is 0 Å². The van der Waals surface area contributed by atoms with E-state index in [2.05, 4.69) is 27.3 Å². The highest BCUT2D eigenvalue weighted by Crippen LogP contribution is 2.28. The summed E-state index contributed by atoms with van der Waals surface area (Å²) in [6.45, 7) is 4.82. The molecule has 6 heteroatoms. The highest BCUT2D eigenvalue weighted by molar-refractivity contribution is 5.80. The molecule has 150 valence electrons. The summed E-state index contributed by atoms with van der Waals surface area (Å²) >= 11 is 0. The van der Waals surface area contributed by atoms with Gasteiger partial charge in [0.05, 0.1) is 19.8 Å². The predicted molar refractivity (Wildman–Crippen MR) is 109 cm³/mol. The lowest BCUT2D eigenvalue weighted by molar-refractivity contribution is 0.186. The van der Waals surface area contributed by atoms with Crippen molar-refractivity contribution in [3.63, 3.8) is 0 Å². The Kier molecular flexibility index (Phi) is 6.87. The van der Waals surface area contributed by atoms with Crippen molar-refractivity contribution in [1.82, 2.24) is 10.2 Å². The number of ether oxygens (including phenoxy) is 1. The molecule has 3 rings (SSSR count). The van der Waals surface area contributed by atoms with Crippen LogP contribution in [0.4, 0.5) is 4.39 Å². The van der Waals surface area contributed by atoms with E-state index in [1.54, 1.807) is 19.2 Å². The first-order chi connectivity index (χ1) is 13.6. The molecule has 0 radical (unpaired) electrons. The summed E-state index contributed by atoms with van der Waals surface area (Å²) in [6.07, 6.45) is 0.298. The van der Waals surface area contributed by atoms with Gasteiger partial charge in [-0.3, -0.25) is 4.99 Å². The molecule has 0 amide bonds. The van der Waals surface area contributed by atoms with E-state index in [9.17, 15) is 9.50 Å². The van der Waals surface area contributed by atoms with Crippen LogP contribution in [0.3, 0.4) is 0 Å². The molecule has 1 fully saturated rings. The van der Waals surface area contributed by atoms with Gasteiger partial charge in [-0.05, 0) is 48.7 Å². The Morgan fingerprint density at radius 1 is 1.25 bits per heavy atom. The van der Waals surface area contributed by atoms with Gasteiger partial charge in [0, 0.05) is 25.6 Å². The summed E-state index contributed by atoms with van der Waals surface area (Å²) in [5.74, 6) is 1.80. The highest BCUT2D eigenvalue weighted by Gasteiger charge is 2.26. The van der Waals surface area contributed by atoms with Gasteiger partial charge >= 0.3 is 0 Å². The second-order valence-electron chi connectivity index (χ2n) is 6.97. The number of aliphatic hydroxyl groups is 1. The fourth-order valence-corrected chi connectivity index (χ4v) is 3.49. The number of aliphatic imine (C=N–C) groups is 1. The van der Waals surface area contributed by atoms with Crippen LogP contribution in [-0.4, -0.2) is 49.3 Å². The van der Waals surface area contributed by atoms with Gasteiger partial charge in [-0.1, -0.05) is 24.3 Å². The van der Waals surface area contributed by atoms with Crippen molar-refractivity contribution in [2.24, 2.45) is 4.99 Å². The fourth-order valence-electron chi connectivity index (χ4n) is 3.49. The first-order valence-corrected chi connectivity index (χ1v) is 9.71. The molecule has 2 aromatic carbocycles. The Bertz CT molecular complexity index is 777. The maximum atomic E-state index is 13.1. The lowest BCUT2D eigenvalue weighted by Crippen LogP contribution is -2.40. The lowest BCUT2D eigenvalue weighted by atomic mass is 9.98. The molecule has 2 N–H and O–H groups in total. The van der Waals surface area contributed by atoms with Crippen molar-refractivity contribution in [2.45, 2.75) is 25.4 Å². The van der Waals surface area contributed by atoms with Gasteiger partial charge in [-0.15, -0.1) is 0 Å². The largest absolute Gasteiger partial charge is 0.497 e. The number of nitrogens with one attached hydrogen (secondary N) is 1. The molecule has 1 saturated heterocycles. The van der Waals surface area contributed by atoms with Crippen LogP contribution in [0.2, 0.25) is 0 Å². The summed E-state index contributed by atoms with van der Waals surface area (Å²) < 4.78 is 18.3. The van der Waals surface area contributed by atoms with Crippen LogP contribution in [-0.2, 0) is 0 Å². The van der Waals surface area contributed by atoms with Gasteiger partial charge in [0.1, 0.15) is 11.6 Å². The van der Waals surface area contributed by atoms with Crippen LogP contribution in [0, 0.1) is 5.82 Å². The van der Waals surface area contributed by atoms with Crippen LogP contribution in [0.15, 0.2) is 53.5 Å². The molecule has 2 aromatic rings. The summed E-state index contributed by atoms with van der Waals surface area (Å²) in [6, 6.07) is 14.1. The zero-order valence-corrected chi connectivity index (χ0v) is 16.4. The Balaban J connectivity index is 1.64. The Hall–Kier alpha value is -2.60. The third-order valence-electron chi connectivity index (χ3n) is 5.08. The highest BCUT2D eigenvalue weighted by atomic mass is 19.1. The van der Waals surface area contributed by atoms with Gasteiger partial charge < -0.3 is 20.1 Å². The van der Waals surface area contributed by atoms with Crippen LogP contribution >= 0.6 is 0 Å². The van der Waals surface area contributed by atoms with Crippen LogP contribution in [0.5, 0.6) is 5.75 Å². The van der Waals surface area contributed by atoms with Crippen molar-refractivity contribution in [1.29, 1.82) is 0 Å². The van der Waals surface area contributed by atoms with Crippen molar-refractivity contribution in [3.05, 3.63) is 65.5 Å². The smallest absolute Gasteiger partial charge is 0.194 e. The molecule has 0 aliphatic carbocycles. The monoisotopic (exact) mass is 385 g/mol. The van der Waals surface area contributed by atoms with Gasteiger partial charge in [0.15, 0.2) is 5.96 Å². The van der Waals surface area contributed by atoms with E-state index in [4.69, 9.17) is 4.74 Å². The molecule has 0 spiro atoms. The van der Waals surface area contributed by atoms with E-state index in [-0.39, 0.29) is 12.4 Å². The third kappa shape index (κ3) is 5.01. The molecule has 0 saturated carbocycles. The average molecular weight is 385 g/mol. The molecular formula is C22H28FN3O2. The van der Waals surface area contributed by atoms with Crippen LogP contribution in [0.25, 0.3) is 0 Å². The fraction of sp³-hybridized carbons (Fsp3) is 0.409. The molecule has 2 unspecified atom stereocenters. The van der Waals surface area contributed by atoms with Crippen molar-refractivity contribution < 1.29 is 14.2 Å². The standard InChI is InChI=1S/C22H28FN3O2/c1-3-24-22(25-14-21(27)17-4-8-19(23)9-5-17)26-13-12-18(15-26)16-6-10-20(28-2)11-7-16/h4-11,18,21,27H,3,12-15H2,1-2H3,(H,24,25). The summed E-state index contributed by atoms with van der Waals surface area (Å²) in [7, 11) is 1.67. The van der Waals surface area contributed by atoms with E-state index in [0.717, 1.165) is 37.8 Å². The quantitative estimate of drug-likeness (QED) is 0.592. The SMILES string of the molecule is CCNC(=NCC(O)c1ccc(F)cc1)N1CCC(c2ccc(OC)cc2)C1.